The molecule has 0 aliphatic carbocycles. The molecule has 4 heteroatoms. The molecule has 0 bridgehead atoms. The smallest absolute Gasteiger partial charge is 0.238 e. The Morgan fingerprint density at radius 2 is 2.10 bits per heavy atom. The molecule has 1 fully saturated rings. The number of nitrogens with two attached hydrogens (primary N) is 1. The summed E-state index contributed by atoms with van der Waals surface area (Å²) < 4.78 is 0. The van der Waals surface area contributed by atoms with Gasteiger partial charge in [0.2, 0.25) is 5.91 Å². The van der Waals surface area contributed by atoms with Gasteiger partial charge in [-0.15, -0.1) is 0 Å². The van der Waals surface area contributed by atoms with Crippen molar-refractivity contribution in [1.29, 1.82) is 0 Å². The molecular formula is C17H27N3O. The second-order valence-electron chi connectivity index (χ2n) is 6.11. The van der Waals surface area contributed by atoms with Gasteiger partial charge in [0.05, 0.1) is 6.04 Å². The summed E-state index contributed by atoms with van der Waals surface area (Å²) in [7, 11) is 1.86. The Balaban J connectivity index is 1.97. The van der Waals surface area contributed by atoms with Crippen molar-refractivity contribution < 1.29 is 4.79 Å². The Hall–Kier alpha value is -1.39. The van der Waals surface area contributed by atoms with Gasteiger partial charge in [-0.05, 0) is 31.9 Å². The first-order chi connectivity index (χ1) is 10.1. The molecule has 1 saturated heterocycles. The van der Waals surface area contributed by atoms with Crippen molar-refractivity contribution in [2.45, 2.75) is 44.8 Å². The number of likely N-dealkylation sites (N-methyl/N-ethyl adjacent to an activating group) is 1. The van der Waals surface area contributed by atoms with Gasteiger partial charge in [0.1, 0.15) is 0 Å². The van der Waals surface area contributed by atoms with Gasteiger partial charge in [0, 0.05) is 26.2 Å². The molecule has 0 spiro atoms. The van der Waals surface area contributed by atoms with Gasteiger partial charge in [-0.3, -0.25) is 9.69 Å². The number of nitrogens with zero attached hydrogens (tertiary/aromatic N) is 2. The average molecular weight is 289 g/mol. The molecule has 1 amide bonds. The molecule has 0 radical (unpaired) electrons. The monoisotopic (exact) mass is 289 g/mol. The summed E-state index contributed by atoms with van der Waals surface area (Å²) in [5.41, 5.74) is 7.03. The minimum absolute atomic E-state index is 0.0280. The van der Waals surface area contributed by atoms with Crippen molar-refractivity contribution in [1.82, 2.24) is 9.80 Å². The van der Waals surface area contributed by atoms with Gasteiger partial charge in [0.25, 0.3) is 0 Å². The van der Waals surface area contributed by atoms with Crippen LogP contribution >= 0.6 is 0 Å². The first kappa shape index (κ1) is 16.0. The fraction of sp³-hybridized carbons (Fsp3) is 0.588. The number of piperidine rings is 1. The quantitative estimate of drug-likeness (QED) is 0.900. The SMILES string of the molecule is C[C@H](N)C(=O)N(C)CC1CCCCN1Cc1ccccc1. The molecule has 0 aromatic heterocycles. The number of benzene rings is 1. The van der Waals surface area contributed by atoms with Crippen LogP contribution in [0.25, 0.3) is 0 Å². The van der Waals surface area contributed by atoms with E-state index in [4.69, 9.17) is 5.73 Å². The molecule has 0 saturated carbocycles. The fourth-order valence-electron chi connectivity index (χ4n) is 3.05. The minimum atomic E-state index is -0.416. The van der Waals surface area contributed by atoms with Gasteiger partial charge in [-0.1, -0.05) is 36.8 Å². The molecule has 2 rings (SSSR count). The van der Waals surface area contributed by atoms with Crippen LogP contribution in [0.4, 0.5) is 0 Å². The van der Waals surface area contributed by atoms with Crippen molar-refractivity contribution in [3.63, 3.8) is 0 Å². The van der Waals surface area contributed by atoms with E-state index in [2.05, 4.69) is 29.2 Å². The maximum Gasteiger partial charge on any atom is 0.238 e. The topological polar surface area (TPSA) is 49.6 Å². The molecule has 1 heterocycles. The summed E-state index contributed by atoms with van der Waals surface area (Å²) in [5, 5.41) is 0. The van der Waals surface area contributed by atoms with Gasteiger partial charge >= 0.3 is 0 Å². The van der Waals surface area contributed by atoms with Crippen LogP contribution in [0.2, 0.25) is 0 Å². The van der Waals surface area contributed by atoms with E-state index in [1.807, 2.05) is 13.1 Å². The third-order valence-corrected chi connectivity index (χ3v) is 4.23. The molecule has 2 N–H and O–H groups in total. The van der Waals surface area contributed by atoms with Gasteiger partial charge < -0.3 is 10.6 Å². The number of likely N-dealkylation sites (tertiary alicyclic amines) is 1. The van der Waals surface area contributed by atoms with Gasteiger partial charge in [-0.25, -0.2) is 0 Å². The average Bonchev–Trinajstić information content (AvgIpc) is 2.49. The largest absolute Gasteiger partial charge is 0.343 e. The molecule has 1 aliphatic heterocycles. The zero-order chi connectivity index (χ0) is 15.2. The summed E-state index contributed by atoms with van der Waals surface area (Å²) in [6, 6.07) is 10.6. The van der Waals surface area contributed by atoms with Crippen molar-refractivity contribution in [2.75, 3.05) is 20.1 Å². The van der Waals surface area contributed by atoms with Crippen LogP contribution in [0.15, 0.2) is 30.3 Å². The Morgan fingerprint density at radius 1 is 1.38 bits per heavy atom. The van der Waals surface area contributed by atoms with E-state index in [0.717, 1.165) is 26.1 Å². The molecule has 2 atom stereocenters. The third kappa shape index (κ3) is 4.55. The highest BCUT2D eigenvalue weighted by Crippen LogP contribution is 2.20. The number of amides is 1. The predicted octanol–water partition coefficient (Wildman–Crippen LogP) is 1.85. The number of hydrogen-bond acceptors (Lipinski definition) is 3. The van der Waals surface area contributed by atoms with E-state index in [1.165, 1.54) is 18.4 Å². The highest BCUT2D eigenvalue weighted by molar-refractivity contribution is 5.80. The molecule has 1 aliphatic rings. The summed E-state index contributed by atoms with van der Waals surface area (Å²) >= 11 is 0. The lowest BCUT2D eigenvalue weighted by Crippen LogP contribution is -2.49. The fourth-order valence-corrected chi connectivity index (χ4v) is 3.05. The van der Waals surface area contributed by atoms with Gasteiger partial charge in [0.15, 0.2) is 0 Å². The van der Waals surface area contributed by atoms with Crippen LogP contribution in [-0.4, -0.2) is 47.9 Å². The van der Waals surface area contributed by atoms with E-state index < -0.39 is 6.04 Å². The van der Waals surface area contributed by atoms with Gasteiger partial charge in [-0.2, -0.15) is 0 Å². The molecule has 1 aromatic rings. The van der Waals surface area contributed by atoms with Crippen LogP contribution in [-0.2, 0) is 11.3 Å². The van der Waals surface area contributed by atoms with Crippen molar-refractivity contribution in [2.24, 2.45) is 5.73 Å². The van der Waals surface area contributed by atoms with Crippen LogP contribution in [0.3, 0.4) is 0 Å². The minimum Gasteiger partial charge on any atom is -0.343 e. The highest BCUT2D eigenvalue weighted by atomic mass is 16.2. The van der Waals surface area contributed by atoms with Crippen LogP contribution in [0.1, 0.15) is 31.7 Å². The number of rotatable bonds is 5. The summed E-state index contributed by atoms with van der Waals surface area (Å²) in [4.78, 5) is 16.3. The first-order valence-electron chi connectivity index (χ1n) is 7.86. The first-order valence-corrected chi connectivity index (χ1v) is 7.86. The second kappa shape index (κ2) is 7.57. The predicted molar refractivity (Wildman–Crippen MR) is 85.8 cm³/mol. The van der Waals surface area contributed by atoms with Crippen molar-refractivity contribution in [3.8, 4) is 0 Å². The van der Waals surface area contributed by atoms with E-state index in [-0.39, 0.29) is 5.91 Å². The lowest BCUT2D eigenvalue weighted by Gasteiger charge is -2.38. The zero-order valence-electron chi connectivity index (χ0n) is 13.2. The third-order valence-electron chi connectivity index (χ3n) is 4.23. The lowest BCUT2D eigenvalue weighted by atomic mass is 10.0. The van der Waals surface area contributed by atoms with E-state index in [0.29, 0.717) is 6.04 Å². The highest BCUT2D eigenvalue weighted by Gasteiger charge is 2.25. The Morgan fingerprint density at radius 3 is 2.76 bits per heavy atom. The second-order valence-corrected chi connectivity index (χ2v) is 6.11. The van der Waals surface area contributed by atoms with E-state index >= 15 is 0 Å². The van der Waals surface area contributed by atoms with Crippen LogP contribution in [0, 0.1) is 0 Å². The summed E-state index contributed by atoms with van der Waals surface area (Å²) in [5.74, 6) is 0.0280. The summed E-state index contributed by atoms with van der Waals surface area (Å²) in [6.07, 6.45) is 3.65. The molecule has 116 valence electrons. The standard InChI is InChI=1S/C17H27N3O/c1-14(18)17(21)19(2)13-16-10-6-7-11-20(16)12-15-8-4-3-5-9-15/h3-5,8-9,14,16H,6-7,10-13,18H2,1-2H3/t14-,16?/m0/s1. The lowest BCUT2D eigenvalue weighted by molar-refractivity contribution is -0.131. The Bertz CT molecular complexity index is 447. The van der Waals surface area contributed by atoms with E-state index in [1.54, 1.807) is 11.8 Å². The molecule has 4 nitrogen and oxygen atoms in total. The Kier molecular flexibility index (Phi) is 5.76. The normalized spacial score (nSPS) is 21.0. The Labute approximate surface area is 127 Å². The number of carbonyl (C=O) groups is 1. The van der Waals surface area contributed by atoms with Crippen molar-refractivity contribution >= 4 is 5.91 Å². The van der Waals surface area contributed by atoms with Crippen LogP contribution < -0.4 is 5.73 Å². The van der Waals surface area contributed by atoms with E-state index in [9.17, 15) is 4.79 Å². The maximum atomic E-state index is 12.0. The molecule has 21 heavy (non-hydrogen) atoms. The maximum absolute atomic E-state index is 12.0. The summed E-state index contributed by atoms with van der Waals surface area (Å²) in [6.45, 7) is 4.60. The number of carbonyl (C=O) groups excluding carboxylic acids is 1. The molecule has 1 aromatic carbocycles. The molecular weight excluding hydrogens is 262 g/mol. The zero-order valence-corrected chi connectivity index (χ0v) is 13.2. The van der Waals surface area contributed by atoms with Crippen molar-refractivity contribution in [3.05, 3.63) is 35.9 Å². The number of hydrogen-bond donors (Lipinski definition) is 1. The molecule has 1 unspecified atom stereocenters. The van der Waals surface area contributed by atoms with Crippen LogP contribution in [0.5, 0.6) is 0 Å².